The van der Waals surface area contributed by atoms with E-state index in [9.17, 15) is 0 Å². The highest BCUT2D eigenvalue weighted by atomic mass is 32.1. The van der Waals surface area contributed by atoms with Gasteiger partial charge in [0.05, 0.1) is 0 Å². The first-order valence-electron chi connectivity index (χ1n) is 5.89. The van der Waals surface area contributed by atoms with Crippen LogP contribution in [-0.4, -0.2) is 14.9 Å². The molecule has 0 spiro atoms. The van der Waals surface area contributed by atoms with Crippen molar-refractivity contribution in [1.29, 1.82) is 0 Å². The van der Waals surface area contributed by atoms with E-state index in [1.54, 1.807) is 0 Å². The molecular weight excluding hydrogens is 244 g/mol. The van der Waals surface area contributed by atoms with E-state index in [0.29, 0.717) is 11.2 Å². The Balaban J connectivity index is 2.21. The summed E-state index contributed by atoms with van der Waals surface area (Å²) >= 11 is 4.98. The van der Waals surface area contributed by atoms with Crippen LogP contribution in [0.2, 0.25) is 0 Å². The van der Waals surface area contributed by atoms with E-state index in [0.717, 1.165) is 5.82 Å². The van der Waals surface area contributed by atoms with Crippen LogP contribution in [-0.2, 0) is 11.8 Å². The quantitative estimate of drug-likeness (QED) is 0.646. The smallest absolute Gasteiger partial charge is 0.214 e. The Morgan fingerprint density at radius 2 is 1.89 bits per heavy atom. The number of aromatic amines is 1. The van der Waals surface area contributed by atoms with Gasteiger partial charge < -0.3 is 5.84 Å². The molecule has 0 aliphatic carbocycles. The number of rotatable bonds is 2. The van der Waals surface area contributed by atoms with Crippen molar-refractivity contribution in [2.45, 2.75) is 32.6 Å². The number of nitrogen functional groups attached to an aromatic ring is 1. The number of hydrogen-bond acceptors (Lipinski definition) is 3. The molecule has 96 valence electrons. The first-order chi connectivity index (χ1) is 8.38. The Hall–Kier alpha value is -1.62. The summed E-state index contributed by atoms with van der Waals surface area (Å²) in [6.45, 7) is 6.60. The van der Waals surface area contributed by atoms with Crippen LogP contribution < -0.4 is 5.84 Å². The molecule has 2 rings (SSSR count). The van der Waals surface area contributed by atoms with Gasteiger partial charge in [0.25, 0.3) is 0 Å². The maximum absolute atomic E-state index is 5.77. The Labute approximate surface area is 112 Å². The second-order valence-corrected chi connectivity index (χ2v) is 5.83. The SMILES string of the molecule is CC(C)(C)c1ccc(Cc2n[nH]c(=S)n2N)cc1. The van der Waals surface area contributed by atoms with Crippen LogP contribution in [0, 0.1) is 4.77 Å². The Morgan fingerprint density at radius 1 is 1.28 bits per heavy atom. The van der Waals surface area contributed by atoms with E-state index in [1.165, 1.54) is 15.8 Å². The molecule has 0 radical (unpaired) electrons. The molecule has 0 saturated carbocycles. The molecule has 0 aliphatic rings. The number of nitrogens with zero attached hydrogens (tertiary/aromatic N) is 2. The van der Waals surface area contributed by atoms with Crippen molar-refractivity contribution < 1.29 is 0 Å². The third kappa shape index (κ3) is 2.61. The molecule has 1 heterocycles. The lowest BCUT2D eigenvalue weighted by atomic mass is 9.86. The summed E-state index contributed by atoms with van der Waals surface area (Å²) in [6.07, 6.45) is 0.675. The lowest BCUT2D eigenvalue weighted by Gasteiger charge is -2.19. The molecule has 0 saturated heterocycles. The van der Waals surface area contributed by atoms with Crippen molar-refractivity contribution >= 4 is 12.2 Å². The molecule has 2 aromatic rings. The first-order valence-corrected chi connectivity index (χ1v) is 6.29. The zero-order chi connectivity index (χ0) is 13.3. The largest absolute Gasteiger partial charge is 0.335 e. The fraction of sp³-hybridized carbons (Fsp3) is 0.385. The van der Waals surface area contributed by atoms with Crippen LogP contribution in [0.15, 0.2) is 24.3 Å². The molecule has 0 atom stereocenters. The number of benzene rings is 1. The van der Waals surface area contributed by atoms with Gasteiger partial charge >= 0.3 is 0 Å². The number of hydrogen-bond donors (Lipinski definition) is 2. The molecule has 0 bridgehead atoms. The summed E-state index contributed by atoms with van der Waals surface area (Å²) in [5.41, 5.74) is 2.66. The maximum atomic E-state index is 5.77. The van der Waals surface area contributed by atoms with Gasteiger partial charge in [0.2, 0.25) is 4.77 Å². The zero-order valence-electron chi connectivity index (χ0n) is 10.9. The van der Waals surface area contributed by atoms with E-state index in [-0.39, 0.29) is 5.41 Å². The second-order valence-electron chi connectivity index (χ2n) is 5.44. The Morgan fingerprint density at radius 3 is 2.33 bits per heavy atom. The van der Waals surface area contributed by atoms with E-state index in [2.05, 4.69) is 55.2 Å². The highest BCUT2D eigenvalue weighted by molar-refractivity contribution is 7.71. The number of nitrogens with two attached hydrogens (primary N) is 1. The van der Waals surface area contributed by atoms with Gasteiger partial charge in [-0.1, -0.05) is 45.0 Å². The van der Waals surface area contributed by atoms with Crippen molar-refractivity contribution in [3.63, 3.8) is 0 Å². The summed E-state index contributed by atoms with van der Waals surface area (Å²) in [5.74, 6) is 6.51. The van der Waals surface area contributed by atoms with Crippen molar-refractivity contribution in [2.24, 2.45) is 0 Å². The molecule has 0 amide bonds. The number of aromatic nitrogens is 3. The third-order valence-corrected chi connectivity index (χ3v) is 3.25. The minimum atomic E-state index is 0.173. The lowest BCUT2D eigenvalue weighted by Crippen LogP contribution is -2.13. The molecule has 3 N–H and O–H groups in total. The summed E-state index contributed by atoms with van der Waals surface area (Å²) in [5, 5.41) is 6.79. The van der Waals surface area contributed by atoms with Crippen LogP contribution in [0.25, 0.3) is 0 Å². The van der Waals surface area contributed by atoms with E-state index in [1.807, 2.05) is 0 Å². The minimum Gasteiger partial charge on any atom is -0.335 e. The Kier molecular flexibility index (Phi) is 3.26. The normalized spacial score (nSPS) is 11.7. The molecular formula is C13H18N4S. The molecule has 0 fully saturated rings. The fourth-order valence-corrected chi connectivity index (χ4v) is 1.92. The summed E-state index contributed by atoms with van der Waals surface area (Å²) < 4.78 is 1.85. The molecule has 5 heteroatoms. The van der Waals surface area contributed by atoms with Gasteiger partial charge in [-0.15, -0.1) is 0 Å². The van der Waals surface area contributed by atoms with Crippen LogP contribution in [0.3, 0.4) is 0 Å². The monoisotopic (exact) mass is 262 g/mol. The molecule has 0 unspecified atom stereocenters. The van der Waals surface area contributed by atoms with Gasteiger partial charge in [-0.2, -0.15) is 5.10 Å². The predicted octanol–water partition coefficient (Wildman–Crippen LogP) is 2.54. The molecule has 18 heavy (non-hydrogen) atoms. The molecule has 0 aliphatic heterocycles. The fourth-order valence-electron chi connectivity index (χ4n) is 1.77. The minimum absolute atomic E-state index is 0.173. The topological polar surface area (TPSA) is 59.6 Å². The van der Waals surface area contributed by atoms with Crippen molar-refractivity contribution in [1.82, 2.24) is 14.9 Å². The molecule has 4 nitrogen and oxygen atoms in total. The van der Waals surface area contributed by atoms with Crippen molar-refractivity contribution in [3.05, 3.63) is 46.0 Å². The van der Waals surface area contributed by atoms with Crippen molar-refractivity contribution in [3.8, 4) is 0 Å². The average molecular weight is 262 g/mol. The van der Waals surface area contributed by atoms with Gasteiger partial charge in [0.1, 0.15) is 0 Å². The van der Waals surface area contributed by atoms with Gasteiger partial charge in [-0.25, -0.2) is 4.68 Å². The lowest BCUT2D eigenvalue weighted by molar-refractivity contribution is 0.590. The van der Waals surface area contributed by atoms with Crippen LogP contribution in [0.1, 0.15) is 37.7 Å². The van der Waals surface area contributed by atoms with Gasteiger partial charge in [0, 0.05) is 6.42 Å². The highest BCUT2D eigenvalue weighted by Gasteiger charge is 2.13. The maximum Gasteiger partial charge on any atom is 0.214 e. The second kappa shape index (κ2) is 4.57. The summed E-state index contributed by atoms with van der Waals surface area (Å²) in [6, 6.07) is 8.52. The van der Waals surface area contributed by atoms with E-state index < -0.39 is 0 Å². The van der Waals surface area contributed by atoms with Crippen LogP contribution in [0.4, 0.5) is 0 Å². The first kappa shape index (κ1) is 12.8. The Bertz CT molecular complexity index is 587. The average Bonchev–Trinajstić information content (AvgIpc) is 2.61. The number of H-pyrrole nitrogens is 1. The van der Waals surface area contributed by atoms with Gasteiger partial charge in [-0.3, -0.25) is 5.10 Å². The highest BCUT2D eigenvalue weighted by Crippen LogP contribution is 2.22. The third-order valence-electron chi connectivity index (χ3n) is 2.96. The molecule has 1 aromatic carbocycles. The summed E-state index contributed by atoms with van der Waals surface area (Å²) in [4.78, 5) is 0. The van der Waals surface area contributed by atoms with E-state index >= 15 is 0 Å². The van der Waals surface area contributed by atoms with E-state index in [4.69, 9.17) is 18.1 Å². The van der Waals surface area contributed by atoms with Crippen LogP contribution >= 0.6 is 12.2 Å². The number of nitrogens with one attached hydrogen (secondary N) is 1. The van der Waals surface area contributed by atoms with Gasteiger partial charge in [-0.05, 0) is 28.8 Å². The van der Waals surface area contributed by atoms with Crippen molar-refractivity contribution in [2.75, 3.05) is 5.84 Å². The van der Waals surface area contributed by atoms with Crippen LogP contribution in [0.5, 0.6) is 0 Å². The molecule has 1 aromatic heterocycles. The predicted molar refractivity (Wildman–Crippen MR) is 75.5 cm³/mol. The van der Waals surface area contributed by atoms with Gasteiger partial charge in [0.15, 0.2) is 5.82 Å². The zero-order valence-corrected chi connectivity index (χ0v) is 11.7. The standard InChI is InChI=1S/C13H18N4S/c1-13(2,3)10-6-4-9(5-7-10)8-11-15-16-12(18)17(11)14/h4-7H,8,14H2,1-3H3,(H,16,18). The summed E-state index contributed by atoms with van der Waals surface area (Å²) in [7, 11) is 0.